The number of imidazole rings is 1. The fourth-order valence-electron chi connectivity index (χ4n) is 6.64. The van der Waals surface area contributed by atoms with E-state index in [4.69, 9.17) is 9.72 Å². The second kappa shape index (κ2) is 11.5. The molecule has 0 unspecified atom stereocenters. The van der Waals surface area contributed by atoms with Crippen LogP contribution < -0.4 is 14.5 Å². The third kappa shape index (κ3) is 5.25. The van der Waals surface area contributed by atoms with Gasteiger partial charge in [-0.2, -0.15) is 6.07 Å². The van der Waals surface area contributed by atoms with Gasteiger partial charge in [0, 0.05) is 73.1 Å². The molecule has 0 fully saturated rings. The number of hydrogen-bond donors (Lipinski definition) is 0. The maximum atomic E-state index is 6.42. The van der Waals surface area contributed by atoms with Crippen molar-refractivity contribution in [2.75, 3.05) is 9.80 Å². The summed E-state index contributed by atoms with van der Waals surface area (Å²) in [4.78, 5) is 14.2. The minimum Gasteiger partial charge on any atom is -0.503 e. The first kappa shape index (κ1) is 31.0. The van der Waals surface area contributed by atoms with Gasteiger partial charge in [-0.25, -0.2) is 4.98 Å². The molecule has 7 heteroatoms. The van der Waals surface area contributed by atoms with E-state index in [1.165, 1.54) is 22.4 Å². The Kier molecular flexibility index (Phi) is 7.60. The number of anilines is 4. The summed E-state index contributed by atoms with van der Waals surface area (Å²) in [6.45, 7) is 15.2. The zero-order valence-electron chi connectivity index (χ0n) is 27.2. The molecule has 0 spiro atoms. The van der Waals surface area contributed by atoms with Crippen LogP contribution >= 0.6 is 0 Å². The maximum absolute atomic E-state index is 6.42. The average Bonchev–Trinajstić information content (AvgIpc) is 3.67. The molecular weight excluding hydrogens is 762 g/mol. The molecule has 238 valence electrons. The molecule has 47 heavy (non-hydrogen) atoms. The Hall–Kier alpha value is -4.67. The third-order valence-corrected chi connectivity index (χ3v) is 8.69. The number of nitrogens with zero attached hydrogens (tertiary/aromatic N) is 5. The Morgan fingerprint density at radius 1 is 0.745 bits per heavy atom. The molecule has 4 heterocycles. The van der Waals surface area contributed by atoms with Gasteiger partial charge in [-0.05, 0) is 55.5 Å². The summed E-state index contributed by atoms with van der Waals surface area (Å²) in [6.07, 6.45) is 3.77. The number of fused-ring (bicyclic) bond motifs is 7. The Morgan fingerprint density at radius 3 is 2.19 bits per heavy atom. The van der Waals surface area contributed by atoms with Crippen molar-refractivity contribution in [3.8, 4) is 11.5 Å². The monoisotopic (exact) mass is 795 g/mol. The van der Waals surface area contributed by atoms with Crippen LogP contribution in [0.2, 0.25) is 0 Å². The van der Waals surface area contributed by atoms with E-state index in [2.05, 4.69) is 136 Å². The van der Waals surface area contributed by atoms with Crippen LogP contribution in [0.3, 0.4) is 0 Å². The summed E-state index contributed by atoms with van der Waals surface area (Å²) in [5.74, 6) is 1.21. The Bertz CT molecular complexity index is 2300. The number of pyridine rings is 2. The number of rotatable bonds is 4. The zero-order chi connectivity index (χ0) is 31.7. The molecular formula is C40H34N5OPt-3. The molecule has 0 amide bonds. The predicted molar refractivity (Wildman–Crippen MR) is 187 cm³/mol. The van der Waals surface area contributed by atoms with E-state index >= 15 is 0 Å². The molecule has 0 saturated carbocycles. The number of aromatic nitrogens is 3. The van der Waals surface area contributed by atoms with Crippen molar-refractivity contribution in [1.82, 2.24) is 14.4 Å². The molecule has 0 aliphatic carbocycles. The zero-order valence-corrected chi connectivity index (χ0v) is 29.5. The summed E-state index contributed by atoms with van der Waals surface area (Å²) in [7, 11) is 0. The molecule has 7 aromatic rings. The Labute approximate surface area is 289 Å². The van der Waals surface area contributed by atoms with Crippen LogP contribution in [0.1, 0.15) is 43.2 Å². The third-order valence-electron chi connectivity index (χ3n) is 8.69. The molecule has 0 bridgehead atoms. The van der Waals surface area contributed by atoms with E-state index in [9.17, 15) is 0 Å². The Morgan fingerprint density at radius 2 is 1.45 bits per heavy atom. The SMILES string of the molecule is Cc1cc(C)c(N2[CH-]N(c3[c-]c(Oc4[c-]c5c(cc4)c4ccc(C(C)(C)C)nc4n4ccnc54)ccc3)c3ccccc32)c(C)c1.[Pt]. The van der Waals surface area contributed by atoms with E-state index < -0.39 is 0 Å². The quantitative estimate of drug-likeness (QED) is 0.131. The molecule has 4 aromatic carbocycles. The first-order chi connectivity index (χ1) is 22.2. The van der Waals surface area contributed by atoms with Gasteiger partial charge in [-0.3, -0.25) is 4.98 Å². The van der Waals surface area contributed by atoms with E-state index in [1.807, 2.05) is 35.0 Å². The van der Waals surface area contributed by atoms with Crippen molar-refractivity contribution in [3.05, 3.63) is 132 Å². The first-order valence-corrected chi connectivity index (χ1v) is 15.6. The molecule has 6 nitrogen and oxygen atoms in total. The van der Waals surface area contributed by atoms with E-state index in [-0.39, 0.29) is 26.5 Å². The van der Waals surface area contributed by atoms with E-state index in [0.29, 0.717) is 11.5 Å². The summed E-state index contributed by atoms with van der Waals surface area (Å²) < 4.78 is 8.47. The van der Waals surface area contributed by atoms with E-state index in [0.717, 1.165) is 50.2 Å². The smallest absolute Gasteiger partial charge is 0.128 e. The number of aryl methyl sites for hydroxylation is 3. The van der Waals surface area contributed by atoms with Crippen molar-refractivity contribution in [1.29, 1.82) is 0 Å². The van der Waals surface area contributed by atoms with Gasteiger partial charge >= 0.3 is 0 Å². The largest absolute Gasteiger partial charge is 0.503 e. The molecule has 1 aliphatic heterocycles. The predicted octanol–water partition coefficient (Wildman–Crippen LogP) is 10.1. The van der Waals surface area contributed by atoms with Gasteiger partial charge in [0.2, 0.25) is 0 Å². The van der Waals surface area contributed by atoms with Crippen LogP contribution in [-0.4, -0.2) is 14.4 Å². The van der Waals surface area contributed by atoms with Crippen molar-refractivity contribution in [2.24, 2.45) is 0 Å². The van der Waals surface area contributed by atoms with E-state index in [1.54, 1.807) is 0 Å². The summed E-state index contributed by atoms with van der Waals surface area (Å²) in [5, 5.41) is 2.98. The first-order valence-electron chi connectivity index (χ1n) is 15.6. The fourth-order valence-corrected chi connectivity index (χ4v) is 6.64. The van der Waals surface area contributed by atoms with Crippen LogP contribution in [-0.2, 0) is 26.5 Å². The van der Waals surface area contributed by atoms with Gasteiger partial charge in [0.15, 0.2) is 0 Å². The summed E-state index contributed by atoms with van der Waals surface area (Å²) in [5.41, 5.74) is 10.7. The molecule has 1 aliphatic rings. The fraction of sp³-hybridized carbons (Fsp3) is 0.175. The normalized spacial score (nSPS) is 13.0. The standard InChI is InChI=1S/C40H34N5O.Pt/c1-25-20-26(2)37(27(3)21-25)45-24-44(34-12-7-8-13-35(34)45)28-10-9-11-29(22-28)46-30-14-15-31-32-16-17-36(40(4,5)6)42-39(32)43-19-18-41-38(43)33(31)23-30;/h7-21,24H,1-6H3;/q-3;. The van der Waals surface area contributed by atoms with Gasteiger partial charge < -0.3 is 18.9 Å². The molecule has 0 atom stereocenters. The number of benzene rings is 4. The van der Waals surface area contributed by atoms with Gasteiger partial charge in [-0.15, -0.1) is 42.7 Å². The molecule has 0 radical (unpaired) electrons. The van der Waals surface area contributed by atoms with Crippen molar-refractivity contribution in [2.45, 2.75) is 47.0 Å². The van der Waals surface area contributed by atoms with Crippen molar-refractivity contribution < 1.29 is 25.8 Å². The molecule has 3 aromatic heterocycles. The van der Waals surface area contributed by atoms with Crippen LogP contribution in [0.4, 0.5) is 22.7 Å². The maximum Gasteiger partial charge on any atom is 0.128 e. The topological polar surface area (TPSA) is 45.9 Å². The second-order valence-corrected chi connectivity index (χ2v) is 13.1. The second-order valence-electron chi connectivity index (χ2n) is 13.1. The van der Waals surface area contributed by atoms with Crippen LogP contribution in [0, 0.1) is 39.6 Å². The minimum atomic E-state index is -0.0589. The number of ether oxygens (including phenoxy) is 1. The van der Waals surface area contributed by atoms with Crippen LogP contribution in [0.25, 0.3) is 27.5 Å². The van der Waals surface area contributed by atoms with Crippen LogP contribution in [0.15, 0.2) is 91.3 Å². The Balaban J connectivity index is 0.00000351. The van der Waals surface area contributed by atoms with Gasteiger partial charge in [-0.1, -0.05) is 73.5 Å². The van der Waals surface area contributed by atoms with Gasteiger partial charge in [0.05, 0.1) is 5.65 Å². The molecule has 0 N–H and O–H groups in total. The van der Waals surface area contributed by atoms with Crippen molar-refractivity contribution >= 4 is 50.2 Å². The van der Waals surface area contributed by atoms with Gasteiger partial charge in [0.1, 0.15) is 5.65 Å². The average molecular weight is 796 g/mol. The van der Waals surface area contributed by atoms with Crippen molar-refractivity contribution in [3.63, 3.8) is 0 Å². The molecule has 8 rings (SSSR count). The summed E-state index contributed by atoms with van der Waals surface area (Å²) in [6, 6.07) is 34.3. The number of hydrogen-bond acceptors (Lipinski definition) is 5. The molecule has 0 saturated heterocycles. The number of para-hydroxylation sites is 2. The summed E-state index contributed by atoms with van der Waals surface area (Å²) >= 11 is 0. The van der Waals surface area contributed by atoms with Gasteiger partial charge in [0.25, 0.3) is 0 Å². The van der Waals surface area contributed by atoms with Crippen LogP contribution in [0.5, 0.6) is 11.5 Å². The minimum absolute atomic E-state index is 0.